The number of carbonyl (C=O) groups excluding carboxylic acids is 2. The molecule has 0 radical (unpaired) electrons. The van der Waals surface area contributed by atoms with Crippen molar-refractivity contribution < 1.29 is 14.0 Å². The van der Waals surface area contributed by atoms with Crippen molar-refractivity contribution in [1.82, 2.24) is 0 Å². The molecule has 1 amide bonds. The molecule has 4 rings (SSSR count). The van der Waals surface area contributed by atoms with E-state index in [0.717, 1.165) is 35.4 Å². The number of anilines is 1. The van der Waals surface area contributed by atoms with Crippen molar-refractivity contribution in [3.63, 3.8) is 0 Å². The Morgan fingerprint density at radius 1 is 1.08 bits per heavy atom. The molecule has 4 heteroatoms. The predicted molar refractivity (Wildman–Crippen MR) is 90.6 cm³/mol. The van der Waals surface area contributed by atoms with Crippen molar-refractivity contribution in [2.45, 2.75) is 38.5 Å². The Balaban J connectivity index is 1.85. The van der Waals surface area contributed by atoms with Gasteiger partial charge >= 0.3 is 0 Å². The number of rotatable bonds is 2. The second kappa shape index (κ2) is 5.78. The number of aryl methyl sites for hydroxylation is 1. The van der Waals surface area contributed by atoms with E-state index >= 15 is 0 Å². The Morgan fingerprint density at radius 3 is 2.58 bits per heavy atom. The molecule has 1 aliphatic heterocycles. The van der Waals surface area contributed by atoms with Crippen molar-refractivity contribution in [2.24, 2.45) is 0 Å². The van der Waals surface area contributed by atoms with Gasteiger partial charge < -0.3 is 4.42 Å². The summed E-state index contributed by atoms with van der Waals surface area (Å²) in [6.07, 6.45) is 3.95. The zero-order chi connectivity index (χ0) is 16.7. The van der Waals surface area contributed by atoms with Crippen LogP contribution in [0.15, 0.2) is 58.3 Å². The summed E-state index contributed by atoms with van der Waals surface area (Å²) < 4.78 is 5.52. The zero-order valence-corrected chi connectivity index (χ0v) is 13.6. The number of carbonyl (C=O) groups is 2. The van der Waals surface area contributed by atoms with Crippen LogP contribution >= 0.6 is 0 Å². The predicted octanol–water partition coefficient (Wildman–Crippen LogP) is 4.12. The second-order valence-corrected chi connectivity index (χ2v) is 6.47. The first-order valence-corrected chi connectivity index (χ1v) is 8.34. The van der Waals surface area contributed by atoms with E-state index in [0.29, 0.717) is 12.2 Å². The van der Waals surface area contributed by atoms with Gasteiger partial charge in [0.05, 0.1) is 12.2 Å². The molecule has 0 saturated heterocycles. The fourth-order valence-corrected chi connectivity index (χ4v) is 3.72. The lowest BCUT2D eigenvalue weighted by Crippen LogP contribution is -2.40. The number of Topliss-reactive ketones (excluding diaryl/α,β-unsaturated/α-hetero) is 1. The maximum atomic E-state index is 12.9. The average Bonchev–Trinajstić information content (AvgIpc) is 3.10. The van der Waals surface area contributed by atoms with E-state index in [1.807, 2.05) is 37.3 Å². The highest BCUT2D eigenvalue weighted by atomic mass is 16.3. The van der Waals surface area contributed by atoms with Gasteiger partial charge in [-0.15, -0.1) is 0 Å². The van der Waals surface area contributed by atoms with Gasteiger partial charge in [0.15, 0.2) is 5.78 Å². The summed E-state index contributed by atoms with van der Waals surface area (Å²) in [5.41, 5.74) is 3.60. The van der Waals surface area contributed by atoms with Crippen molar-refractivity contribution in [3.05, 3.63) is 65.3 Å². The van der Waals surface area contributed by atoms with Gasteiger partial charge in [-0.05, 0) is 44.0 Å². The van der Waals surface area contributed by atoms with Crippen LogP contribution < -0.4 is 4.90 Å². The largest absolute Gasteiger partial charge is 0.469 e. The molecule has 2 aliphatic rings. The smallest absolute Gasteiger partial charge is 0.232 e. The Hall–Kier alpha value is -2.62. The molecular weight excluding hydrogens is 302 g/mol. The van der Waals surface area contributed by atoms with Gasteiger partial charge in [-0.2, -0.15) is 0 Å². The average molecular weight is 321 g/mol. The van der Waals surface area contributed by atoms with Gasteiger partial charge in [0.1, 0.15) is 5.76 Å². The summed E-state index contributed by atoms with van der Waals surface area (Å²) >= 11 is 0. The number of hydrogen-bond acceptors (Lipinski definition) is 3. The minimum atomic E-state index is -0.253. The monoisotopic (exact) mass is 321 g/mol. The molecule has 1 aromatic heterocycles. The van der Waals surface area contributed by atoms with Crippen molar-refractivity contribution >= 4 is 17.4 Å². The van der Waals surface area contributed by atoms with Crippen LogP contribution in [0.3, 0.4) is 0 Å². The number of furan rings is 1. The number of ketones is 1. The third-order valence-electron chi connectivity index (χ3n) is 4.85. The minimum absolute atomic E-state index is 0.0219. The molecular formula is C20H19NO3. The van der Waals surface area contributed by atoms with Crippen LogP contribution in [0.5, 0.6) is 0 Å². The first kappa shape index (κ1) is 14.9. The van der Waals surface area contributed by atoms with Crippen molar-refractivity contribution in [2.75, 3.05) is 4.90 Å². The van der Waals surface area contributed by atoms with Gasteiger partial charge in [0, 0.05) is 29.8 Å². The molecule has 0 saturated carbocycles. The number of amides is 1. The third-order valence-corrected chi connectivity index (χ3v) is 4.85. The Kier molecular flexibility index (Phi) is 3.60. The van der Waals surface area contributed by atoms with E-state index in [-0.39, 0.29) is 24.0 Å². The minimum Gasteiger partial charge on any atom is -0.469 e. The highest BCUT2D eigenvalue weighted by molar-refractivity contribution is 6.07. The molecule has 2 heterocycles. The summed E-state index contributed by atoms with van der Waals surface area (Å²) in [5.74, 6) is 0.614. The van der Waals surface area contributed by atoms with Crippen LogP contribution in [-0.4, -0.2) is 11.7 Å². The van der Waals surface area contributed by atoms with Gasteiger partial charge in [-0.25, -0.2) is 0 Å². The molecule has 0 fully saturated rings. The van der Waals surface area contributed by atoms with E-state index in [2.05, 4.69) is 0 Å². The van der Waals surface area contributed by atoms with E-state index in [1.165, 1.54) is 0 Å². The van der Waals surface area contributed by atoms with Crippen LogP contribution in [0.2, 0.25) is 0 Å². The molecule has 4 nitrogen and oxygen atoms in total. The first-order valence-electron chi connectivity index (χ1n) is 8.34. The van der Waals surface area contributed by atoms with Crippen molar-refractivity contribution in [1.29, 1.82) is 0 Å². The van der Waals surface area contributed by atoms with Crippen LogP contribution in [0.25, 0.3) is 0 Å². The van der Waals surface area contributed by atoms with Gasteiger partial charge in [-0.3, -0.25) is 14.5 Å². The van der Waals surface area contributed by atoms with E-state index in [1.54, 1.807) is 17.2 Å². The number of hydrogen-bond donors (Lipinski definition) is 0. The molecule has 1 aliphatic carbocycles. The molecule has 0 spiro atoms. The van der Waals surface area contributed by atoms with Gasteiger partial charge in [0.25, 0.3) is 0 Å². The van der Waals surface area contributed by atoms with E-state index in [4.69, 9.17) is 4.42 Å². The van der Waals surface area contributed by atoms with E-state index in [9.17, 15) is 9.59 Å². The maximum absolute atomic E-state index is 12.9. The van der Waals surface area contributed by atoms with Crippen LogP contribution in [0.1, 0.15) is 42.9 Å². The lowest BCUT2D eigenvalue weighted by molar-refractivity contribution is -0.120. The number of nitrogens with zero attached hydrogens (tertiary/aromatic N) is 1. The molecule has 1 aromatic carbocycles. The van der Waals surface area contributed by atoms with Gasteiger partial charge in [-0.1, -0.05) is 17.7 Å². The number of allylic oxidation sites excluding steroid dienone is 2. The second-order valence-electron chi connectivity index (χ2n) is 6.47. The quantitative estimate of drug-likeness (QED) is 0.836. The van der Waals surface area contributed by atoms with Crippen molar-refractivity contribution in [3.8, 4) is 0 Å². The first-order chi connectivity index (χ1) is 11.6. The van der Waals surface area contributed by atoms with Crippen LogP contribution in [0, 0.1) is 6.92 Å². The molecule has 1 unspecified atom stereocenters. The summed E-state index contributed by atoms with van der Waals surface area (Å²) in [6, 6.07) is 11.5. The van der Waals surface area contributed by atoms with Crippen LogP contribution in [0.4, 0.5) is 5.69 Å². The summed E-state index contributed by atoms with van der Waals surface area (Å²) in [7, 11) is 0. The third kappa shape index (κ3) is 2.39. The Morgan fingerprint density at radius 2 is 1.88 bits per heavy atom. The Labute approximate surface area is 140 Å². The molecule has 2 aromatic rings. The number of benzene rings is 1. The van der Waals surface area contributed by atoms with E-state index < -0.39 is 0 Å². The molecule has 1 atom stereocenters. The summed E-state index contributed by atoms with van der Waals surface area (Å²) in [5, 5.41) is 0. The molecule has 0 N–H and O–H groups in total. The lowest BCUT2D eigenvalue weighted by atomic mass is 9.79. The summed E-state index contributed by atoms with van der Waals surface area (Å²) in [6.45, 7) is 2.02. The normalized spacial score (nSPS) is 21.2. The fraction of sp³-hybridized carbons (Fsp3) is 0.300. The van der Waals surface area contributed by atoms with Crippen LogP contribution in [-0.2, 0) is 9.59 Å². The SMILES string of the molecule is Cc1ccc(N2C(=O)CC(c3ccco3)C3=C2CCCC3=O)cc1. The molecule has 122 valence electrons. The highest BCUT2D eigenvalue weighted by Gasteiger charge is 2.40. The van der Waals surface area contributed by atoms with Gasteiger partial charge in [0.2, 0.25) is 5.91 Å². The fourth-order valence-electron chi connectivity index (χ4n) is 3.72. The maximum Gasteiger partial charge on any atom is 0.232 e. The molecule has 0 bridgehead atoms. The topological polar surface area (TPSA) is 50.5 Å². The lowest BCUT2D eigenvalue weighted by Gasteiger charge is -2.37. The zero-order valence-electron chi connectivity index (χ0n) is 13.6. The molecule has 24 heavy (non-hydrogen) atoms. The highest BCUT2D eigenvalue weighted by Crippen LogP contribution is 2.43. The standard InChI is InChI=1S/C20H19NO3/c1-13-7-9-14(10-8-13)21-16-4-2-5-17(22)20(16)15(12-19(21)23)18-6-3-11-24-18/h3,6-11,15H,2,4-5,12H2,1H3. The Bertz CT molecular complexity index is 815. The summed E-state index contributed by atoms with van der Waals surface area (Å²) in [4.78, 5) is 27.3.